The van der Waals surface area contributed by atoms with E-state index in [-0.39, 0.29) is 33.9 Å². The first-order chi connectivity index (χ1) is 32.6. The normalized spacial score (nSPS) is 14.1. The molecule has 70 heavy (non-hydrogen) atoms. The quantitative estimate of drug-likeness (QED) is 0.0610. The van der Waals surface area contributed by atoms with Crippen LogP contribution >= 0.6 is 0 Å². The van der Waals surface area contributed by atoms with E-state index in [1.807, 2.05) is 33.8 Å². The van der Waals surface area contributed by atoms with Crippen LogP contribution in [0, 0.1) is 36.5 Å². The number of nitriles is 2. The minimum absolute atomic E-state index is 0.0122. The van der Waals surface area contributed by atoms with Crippen molar-refractivity contribution in [1.29, 1.82) is 10.5 Å². The number of halogens is 6. The average molecular weight is 981 g/mol. The first kappa shape index (κ1) is 52.4. The van der Waals surface area contributed by atoms with E-state index < -0.39 is 66.1 Å². The van der Waals surface area contributed by atoms with Crippen molar-refractivity contribution in [2.24, 2.45) is 0 Å². The van der Waals surface area contributed by atoms with Gasteiger partial charge in [-0.05, 0) is 121 Å². The van der Waals surface area contributed by atoms with Crippen LogP contribution in [-0.4, -0.2) is 31.1 Å². The van der Waals surface area contributed by atoms with Crippen LogP contribution in [0.2, 0.25) is 0 Å². The van der Waals surface area contributed by atoms with E-state index in [1.54, 1.807) is 70.2 Å². The maximum atomic E-state index is 15.3. The molecule has 2 atom stereocenters. The van der Waals surface area contributed by atoms with Gasteiger partial charge in [0.2, 0.25) is 5.41 Å². The minimum Gasteiger partial charge on any atom is -0.483 e. The predicted octanol–water partition coefficient (Wildman–Crippen LogP) is 14.1. The Hall–Kier alpha value is -6.94. The summed E-state index contributed by atoms with van der Waals surface area (Å²) < 4.78 is 137. The Morgan fingerprint density at radius 3 is 1.69 bits per heavy atom. The summed E-state index contributed by atoms with van der Waals surface area (Å²) in [5.74, 6) is -0.668. The molecule has 6 aromatic carbocycles. The molecule has 2 unspecified atom stereocenters. The molecule has 0 aromatic heterocycles. The van der Waals surface area contributed by atoms with Crippen molar-refractivity contribution in [3.8, 4) is 29.4 Å². The Kier molecular flexibility index (Phi) is 14.3. The van der Waals surface area contributed by atoms with Crippen molar-refractivity contribution in [2.75, 3.05) is 0 Å². The van der Waals surface area contributed by atoms with Crippen molar-refractivity contribution >= 4 is 15.9 Å². The Bertz CT molecular complexity index is 3140. The fourth-order valence-electron chi connectivity index (χ4n) is 9.18. The number of carbonyl (C=O) groups is 1. The maximum Gasteiger partial charge on any atom is 0.411 e. The highest BCUT2D eigenvalue weighted by molar-refractivity contribution is 7.85. The van der Waals surface area contributed by atoms with Crippen molar-refractivity contribution in [1.82, 2.24) is 0 Å². The molecule has 8 nitrogen and oxygen atoms in total. The van der Waals surface area contributed by atoms with Gasteiger partial charge in [0.25, 0.3) is 10.1 Å². The van der Waals surface area contributed by atoms with Gasteiger partial charge in [-0.15, -0.1) is 0 Å². The number of carbonyl (C=O) groups excluding carboxylic acids is 1. The van der Waals surface area contributed by atoms with Gasteiger partial charge in [0.05, 0.1) is 22.1 Å². The summed E-state index contributed by atoms with van der Waals surface area (Å²) in [6, 6.07) is 31.5. The van der Waals surface area contributed by atoms with Crippen LogP contribution in [0.4, 0.5) is 26.3 Å². The van der Waals surface area contributed by atoms with E-state index in [1.165, 1.54) is 24.3 Å². The minimum atomic E-state index is -5.89. The van der Waals surface area contributed by atoms with Gasteiger partial charge in [-0.1, -0.05) is 113 Å². The molecule has 0 heterocycles. The molecule has 1 N–H and O–H groups in total. The molecule has 0 amide bonds. The van der Waals surface area contributed by atoms with E-state index in [9.17, 15) is 28.3 Å². The highest BCUT2D eigenvalue weighted by Crippen LogP contribution is 2.57. The van der Waals surface area contributed by atoms with E-state index in [4.69, 9.17) is 9.47 Å². The first-order valence-corrected chi connectivity index (χ1v) is 23.6. The number of alkyl halides is 6. The van der Waals surface area contributed by atoms with E-state index in [0.717, 1.165) is 42.5 Å². The molecule has 0 radical (unpaired) electrons. The molecule has 6 rings (SSSR count). The summed E-state index contributed by atoms with van der Waals surface area (Å²) in [6.45, 7) is 14.6. The summed E-state index contributed by atoms with van der Waals surface area (Å²) in [4.78, 5) is 13.4. The lowest BCUT2D eigenvalue weighted by molar-refractivity contribution is -0.288. The highest BCUT2D eigenvalue weighted by Gasteiger charge is 2.72. The zero-order valence-corrected chi connectivity index (χ0v) is 40.4. The number of nitrogens with zero attached hydrogens (tertiary/aromatic N) is 2. The number of ether oxygens (including phenoxy) is 2. The lowest BCUT2D eigenvalue weighted by Gasteiger charge is -2.45. The highest BCUT2D eigenvalue weighted by atomic mass is 32.2. The number of hydrogen-bond donors (Lipinski definition) is 1. The predicted molar refractivity (Wildman–Crippen MR) is 253 cm³/mol. The van der Waals surface area contributed by atoms with Crippen molar-refractivity contribution < 1.29 is 53.6 Å². The number of aryl methyl sites for hydroxylation is 2. The molecular formula is C55H50F6N2O6S. The molecule has 0 fully saturated rings. The third-order valence-corrected chi connectivity index (χ3v) is 14.9. The SMILES string of the molecule is CCC(C)(Oc1ccc(C(c2ccc(Oc3cccc(C(C)(CC)C(C)(C)c4ccc(C)c(C(=O)c5cccc(S(=O)(=O)O)c5)c4)c3C#N)cc2)(C(F)(F)F)C(F)(F)F)cc1)c1cccc(C)c1C#N. The second-order valence-electron chi connectivity index (χ2n) is 18.2. The molecule has 0 spiro atoms. The molecule has 6 aromatic rings. The Balaban J connectivity index is 1.35. The number of rotatable bonds is 15. The Morgan fingerprint density at radius 1 is 0.629 bits per heavy atom. The molecular weight excluding hydrogens is 931 g/mol. The zero-order valence-electron chi connectivity index (χ0n) is 39.6. The second kappa shape index (κ2) is 19.1. The van der Waals surface area contributed by atoms with Gasteiger partial charge in [-0.2, -0.15) is 45.3 Å². The summed E-state index contributed by atoms with van der Waals surface area (Å²) in [5, 5.41) is 20.5. The lowest BCUT2D eigenvalue weighted by atomic mass is 9.57. The van der Waals surface area contributed by atoms with Crippen LogP contribution in [0.3, 0.4) is 0 Å². The molecule has 364 valence electrons. The third kappa shape index (κ3) is 9.28. The standard InChI is InChI=1S/C55H50F6N2O6S/c1-9-51(7,50(5,6)39-21-20-35(4)43(31-39)49(64)36-15-12-16-42(30-36)70(65,66)67)46-17-13-19-48(45(46)33-63)68-40-26-22-37(23-27-40)53(54(56,57)58,55(59,60)61)38-24-28-41(29-25-38)69-52(8,10-2)47-18-11-14-34(3)44(47)32-62/h11-31H,9-10H2,1-8H3,(H,65,66,67). The Morgan fingerprint density at radius 2 is 1.16 bits per heavy atom. The molecule has 0 aliphatic carbocycles. The fourth-order valence-corrected chi connectivity index (χ4v) is 9.70. The summed E-state index contributed by atoms with van der Waals surface area (Å²) in [5.41, 5.74) is -5.97. The molecule has 15 heteroatoms. The summed E-state index contributed by atoms with van der Waals surface area (Å²) >= 11 is 0. The van der Waals surface area contributed by atoms with Crippen LogP contribution in [-0.2, 0) is 32.0 Å². The topological polar surface area (TPSA) is 137 Å². The van der Waals surface area contributed by atoms with Crippen LogP contribution < -0.4 is 9.47 Å². The maximum absolute atomic E-state index is 15.3. The van der Waals surface area contributed by atoms with Gasteiger partial charge in [0.1, 0.15) is 28.9 Å². The van der Waals surface area contributed by atoms with Gasteiger partial charge in [0, 0.05) is 22.1 Å². The molecule has 0 aliphatic rings. The second-order valence-corrected chi connectivity index (χ2v) is 19.6. The van der Waals surface area contributed by atoms with Crippen LogP contribution in [0.1, 0.15) is 120 Å². The first-order valence-electron chi connectivity index (χ1n) is 22.1. The van der Waals surface area contributed by atoms with Crippen molar-refractivity contribution in [3.05, 3.63) is 189 Å². The van der Waals surface area contributed by atoms with Gasteiger partial charge in [0.15, 0.2) is 5.78 Å². The van der Waals surface area contributed by atoms with E-state index >= 15 is 26.3 Å². The summed E-state index contributed by atoms with van der Waals surface area (Å²) in [7, 11) is -4.59. The van der Waals surface area contributed by atoms with E-state index in [2.05, 4.69) is 12.1 Å². The fraction of sp³-hybridized carbons (Fsp3) is 0.291. The largest absolute Gasteiger partial charge is 0.483 e. The van der Waals surface area contributed by atoms with Crippen LogP contribution in [0.5, 0.6) is 17.2 Å². The lowest BCUT2D eigenvalue weighted by Crippen LogP contribution is -2.54. The zero-order chi connectivity index (χ0) is 51.8. The van der Waals surface area contributed by atoms with Gasteiger partial charge >= 0.3 is 12.4 Å². The third-order valence-electron chi connectivity index (χ3n) is 14.0. The molecule has 0 bridgehead atoms. The van der Waals surface area contributed by atoms with E-state index in [0.29, 0.717) is 58.4 Å². The molecule has 0 saturated heterocycles. The van der Waals surface area contributed by atoms with Crippen molar-refractivity contribution in [3.63, 3.8) is 0 Å². The average Bonchev–Trinajstić information content (AvgIpc) is 3.31. The van der Waals surface area contributed by atoms with Gasteiger partial charge in [-0.3, -0.25) is 9.35 Å². The number of hydrogen-bond acceptors (Lipinski definition) is 7. The van der Waals surface area contributed by atoms with Crippen molar-refractivity contribution in [2.45, 2.75) is 107 Å². The monoisotopic (exact) mass is 980 g/mol. The van der Waals surface area contributed by atoms with Crippen LogP contribution in [0.15, 0.2) is 132 Å². The smallest absolute Gasteiger partial charge is 0.411 e. The molecule has 0 aliphatic heterocycles. The Labute approximate surface area is 403 Å². The van der Waals surface area contributed by atoms with Gasteiger partial charge < -0.3 is 9.47 Å². The van der Waals surface area contributed by atoms with Gasteiger partial charge in [-0.25, -0.2) is 0 Å². The van der Waals surface area contributed by atoms with Crippen LogP contribution in [0.25, 0.3) is 0 Å². The molecule has 0 saturated carbocycles. The number of benzene rings is 6. The number of ketones is 1. The summed E-state index contributed by atoms with van der Waals surface area (Å²) in [6.07, 6.45) is -11.0.